The summed E-state index contributed by atoms with van der Waals surface area (Å²) in [5.74, 6) is 2.28. The van der Waals surface area contributed by atoms with Gasteiger partial charge in [-0.05, 0) is 37.1 Å². The van der Waals surface area contributed by atoms with E-state index in [9.17, 15) is 4.79 Å². The maximum atomic E-state index is 12.6. The minimum atomic E-state index is 0.206. The molecule has 0 spiro atoms. The van der Waals surface area contributed by atoms with Gasteiger partial charge in [-0.1, -0.05) is 18.2 Å². The molecular weight excluding hydrogens is 360 g/mol. The number of ether oxygens (including phenoxy) is 2. The lowest BCUT2D eigenvalue weighted by molar-refractivity contribution is -0.129. The number of thioether (sulfide) groups is 1. The molecule has 1 N–H and O–H groups in total. The number of likely N-dealkylation sites (tertiary alicyclic amines) is 1. The second kappa shape index (κ2) is 8.57. The van der Waals surface area contributed by atoms with E-state index in [1.807, 2.05) is 53.4 Å². The van der Waals surface area contributed by atoms with E-state index in [2.05, 4.69) is 5.32 Å². The Morgan fingerprint density at radius 3 is 2.78 bits per heavy atom. The van der Waals surface area contributed by atoms with Crippen LogP contribution in [0.4, 0.5) is 5.69 Å². The first-order chi connectivity index (χ1) is 13.3. The third-order valence-electron chi connectivity index (χ3n) is 4.79. The molecule has 142 valence electrons. The highest BCUT2D eigenvalue weighted by Gasteiger charge is 2.24. The Balaban J connectivity index is 1.32. The van der Waals surface area contributed by atoms with Gasteiger partial charge in [-0.15, -0.1) is 11.8 Å². The van der Waals surface area contributed by atoms with Crippen LogP contribution in [0.1, 0.15) is 12.8 Å². The van der Waals surface area contributed by atoms with Crippen LogP contribution in [-0.4, -0.2) is 48.9 Å². The van der Waals surface area contributed by atoms with Gasteiger partial charge in [0.05, 0.1) is 5.75 Å². The number of benzene rings is 2. The van der Waals surface area contributed by atoms with Gasteiger partial charge in [0, 0.05) is 35.8 Å². The first-order valence-electron chi connectivity index (χ1n) is 9.40. The van der Waals surface area contributed by atoms with Crippen LogP contribution in [0, 0.1) is 0 Å². The number of hydrogen-bond acceptors (Lipinski definition) is 5. The predicted molar refractivity (Wildman–Crippen MR) is 108 cm³/mol. The summed E-state index contributed by atoms with van der Waals surface area (Å²) < 4.78 is 11.2. The first-order valence-corrected chi connectivity index (χ1v) is 10.4. The number of carbonyl (C=O) groups excluding carboxylic acids is 1. The molecule has 2 aromatic rings. The molecule has 2 aromatic carbocycles. The highest BCUT2D eigenvalue weighted by atomic mass is 32.2. The van der Waals surface area contributed by atoms with Crippen molar-refractivity contribution in [2.24, 2.45) is 0 Å². The molecule has 2 heterocycles. The molecule has 4 rings (SSSR count). The molecule has 0 bridgehead atoms. The number of piperidine rings is 1. The van der Waals surface area contributed by atoms with Gasteiger partial charge in [0.1, 0.15) is 13.2 Å². The number of rotatable bonds is 5. The molecule has 27 heavy (non-hydrogen) atoms. The first kappa shape index (κ1) is 18.0. The third-order valence-corrected chi connectivity index (χ3v) is 5.79. The van der Waals surface area contributed by atoms with Crippen molar-refractivity contribution in [3.63, 3.8) is 0 Å². The van der Waals surface area contributed by atoms with Crippen molar-refractivity contribution >= 4 is 23.4 Å². The maximum Gasteiger partial charge on any atom is 0.233 e. The Hall–Kier alpha value is -2.34. The van der Waals surface area contributed by atoms with Crippen LogP contribution in [0.5, 0.6) is 11.5 Å². The van der Waals surface area contributed by atoms with E-state index >= 15 is 0 Å². The van der Waals surface area contributed by atoms with Crippen LogP contribution in [-0.2, 0) is 4.79 Å². The number of anilines is 1. The van der Waals surface area contributed by atoms with Gasteiger partial charge >= 0.3 is 0 Å². The van der Waals surface area contributed by atoms with Crippen molar-refractivity contribution in [3.05, 3.63) is 48.5 Å². The average Bonchev–Trinajstić information content (AvgIpc) is 2.73. The van der Waals surface area contributed by atoms with Gasteiger partial charge in [0.15, 0.2) is 11.5 Å². The van der Waals surface area contributed by atoms with Crippen molar-refractivity contribution in [3.8, 4) is 11.5 Å². The molecule has 0 unspecified atom stereocenters. The highest BCUT2D eigenvalue weighted by molar-refractivity contribution is 8.00. The van der Waals surface area contributed by atoms with E-state index in [1.54, 1.807) is 11.8 Å². The molecule has 2 aliphatic rings. The molecule has 5 nitrogen and oxygen atoms in total. The summed E-state index contributed by atoms with van der Waals surface area (Å²) in [4.78, 5) is 15.7. The lowest BCUT2D eigenvalue weighted by Crippen LogP contribution is -2.45. The molecule has 1 saturated heterocycles. The lowest BCUT2D eigenvalue weighted by atomic mass is 10.1. The molecule has 0 aromatic heterocycles. The van der Waals surface area contributed by atoms with Gasteiger partial charge in [0.25, 0.3) is 0 Å². The van der Waals surface area contributed by atoms with Crippen molar-refractivity contribution in [2.45, 2.75) is 23.8 Å². The fourth-order valence-corrected chi connectivity index (χ4v) is 4.27. The average molecular weight is 385 g/mol. The van der Waals surface area contributed by atoms with E-state index in [1.165, 1.54) is 0 Å². The van der Waals surface area contributed by atoms with Crippen molar-refractivity contribution in [1.29, 1.82) is 0 Å². The molecule has 0 saturated carbocycles. The number of nitrogens with one attached hydrogen (secondary N) is 1. The van der Waals surface area contributed by atoms with E-state index in [0.717, 1.165) is 48.0 Å². The second-order valence-corrected chi connectivity index (χ2v) is 7.83. The zero-order valence-electron chi connectivity index (χ0n) is 15.2. The smallest absolute Gasteiger partial charge is 0.233 e. The monoisotopic (exact) mass is 384 g/mol. The molecule has 1 amide bonds. The highest BCUT2D eigenvalue weighted by Crippen LogP contribution is 2.33. The van der Waals surface area contributed by atoms with E-state index in [-0.39, 0.29) is 11.9 Å². The number of carbonyl (C=O) groups is 1. The summed E-state index contributed by atoms with van der Waals surface area (Å²) in [6.45, 7) is 2.76. The Kier molecular flexibility index (Phi) is 5.72. The van der Waals surface area contributed by atoms with Crippen LogP contribution in [0.2, 0.25) is 0 Å². The normalized spacial score (nSPS) is 18.8. The van der Waals surface area contributed by atoms with Crippen LogP contribution < -0.4 is 14.8 Å². The lowest BCUT2D eigenvalue weighted by Gasteiger charge is -2.34. The number of nitrogens with zero attached hydrogens (tertiary/aromatic N) is 1. The number of fused-ring (bicyclic) bond motifs is 1. The summed E-state index contributed by atoms with van der Waals surface area (Å²) in [6.07, 6.45) is 2.08. The molecule has 1 atom stereocenters. The van der Waals surface area contributed by atoms with Gasteiger partial charge in [-0.25, -0.2) is 0 Å². The summed E-state index contributed by atoms with van der Waals surface area (Å²) >= 11 is 1.60. The van der Waals surface area contributed by atoms with Crippen LogP contribution >= 0.6 is 11.8 Å². The predicted octanol–water partition coefficient (Wildman–Crippen LogP) is 3.65. The molecule has 6 heteroatoms. The van der Waals surface area contributed by atoms with Gasteiger partial charge < -0.3 is 19.7 Å². The minimum Gasteiger partial charge on any atom is -0.486 e. The van der Waals surface area contributed by atoms with Gasteiger partial charge in [-0.2, -0.15) is 0 Å². The van der Waals surface area contributed by atoms with Crippen LogP contribution in [0.3, 0.4) is 0 Å². The fraction of sp³-hybridized carbons (Fsp3) is 0.381. The topological polar surface area (TPSA) is 50.8 Å². The summed E-state index contributed by atoms with van der Waals surface area (Å²) in [5, 5.41) is 3.55. The maximum absolute atomic E-state index is 12.6. The second-order valence-electron chi connectivity index (χ2n) is 6.78. The number of hydrogen-bond donors (Lipinski definition) is 1. The van der Waals surface area contributed by atoms with Crippen molar-refractivity contribution in [2.75, 3.05) is 37.4 Å². The quantitative estimate of drug-likeness (QED) is 0.798. The van der Waals surface area contributed by atoms with Crippen LogP contribution in [0.25, 0.3) is 0 Å². The van der Waals surface area contributed by atoms with E-state index < -0.39 is 0 Å². The van der Waals surface area contributed by atoms with Crippen molar-refractivity contribution < 1.29 is 14.3 Å². The molecule has 0 aliphatic carbocycles. The van der Waals surface area contributed by atoms with E-state index in [4.69, 9.17) is 9.47 Å². The zero-order chi connectivity index (χ0) is 18.5. The zero-order valence-corrected chi connectivity index (χ0v) is 16.0. The largest absolute Gasteiger partial charge is 0.486 e. The fourth-order valence-electron chi connectivity index (χ4n) is 3.44. The molecule has 0 radical (unpaired) electrons. The Morgan fingerprint density at radius 1 is 1.11 bits per heavy atom. The summed E-state index contributed by atoms with van der Waals surface area (Å²) in [6, 6.07) is 16.3. The third kappa shape index (κ3) is 4.69. The summed E-state index contributed by atoms with van der Waals surface area (Å²) in [7, 11) is 0. The van der Waals surface area contributed by atoms with Crippen LogP contribution in [0.15, 0.2) is 53.4 Å². The number of amides is 1. The van der Waals surface area contributed by atoms with Gasteiger partial charge in [0.2, 0.25) is 5.91 Å². The Bertz CT molecular complexity index is 784. The van der Waals surface area contributed by atoms with Crippen molar-refractivity contribution in [1.82, 2.24) is 4.90 Å². The standard InChI is InChI=1S/C21H24N2O3S/c24-21(15-27-18-6-2-1-3-7-18)23-10-4-5-17(14-23)22-16-8-9-19-20(13-16)26-12-11-25-19/h1-3,6-9,13,17,22H,4-5,10-12,14-15H2/t17-/m0/s1. The van der Waals surface area contributed by atoms with Gasteiger partial charge in [-0.3, -0.25) is 4.79 Å². The van der Waals surface area contributed by atoms with E-state index in [0.29, 0.717) is 19.0 Å². The molecular formula is C21H24N2O3S. The SMILES string of the molecule is O=C(CSc1ccccc1)N1CCC[C@H](Nc2ccc3c(c2)OCCO3)C1. The Labute approximate surface area is 164 Å². The Morgan fingerprint density at radius 2 is 1.93 bits per heavy atom. The molecule has 2 aliphatic heterocycles. The molecule has 1 fully saturated rings. The summed E-state index contributed by atoms with van der Waals surface area (Å²) in [5.41, 5.74) is 1.01. The minimum absolute atomic E-state index is 0.206.